The van der Waals surface area contributed by atoms with Crippen molar-refractivity contribution in [3.63, 3.8) is 0 Å². The van der Waals surface area contributed by atoms with Crippen LogP contribution < -0.4 is 5.32 Å². The Balaban J connectivity index is 1.74. The van der Waals surface area contributed by atoms with Gasteiger partial charge in [-0.3, -0.25) is 4.90 Å². The van der Waals surface area contributed by atoms with E-state index in [1.54, 1.807) is 0 Å². The van der Waals surface area contributed by atoms with E-state index >= 15 is 0 Å². The third-order valence-electron chi connectivity index (χ3n) is 4.55. The lowest BCUT2D eigenvalue weighted by Crippen LogP contribution is -2.38. The molecular formula is C18H26N4. The molecule has 0 aliphatic carbocycles. The van der Waals surface area contributed by atoms with Gasteiger partial charge in [0.1, 0.15) is 0 Å². The lowest BCUT2D eigenvalue weighted by Gasteiger charge is -2.32. The summed E-state index contributed by atoms with van der Waals surface area (Å²) in [6.07, 6.45) is 4.55. The number of hydrogen-bond acceptors (Lipinski definition) is 3. The highest BCUT2D eigenvalue weighted by molar-refractivity contribution is 5.40. The summed E-state index contributed by atoms with van der Waals surface area (Å²) < 4.78 is 2.09. The van der Waals surface area contributed by atoms with Crippen molar-refractivity contribution in [2.24, 2.45) is 5.92 Å². The monoisotopic (exact) mass is 298 g/mol. The highest BCUT2D eigenvalue weighted by atomic mass is 15.3. The first-order valence-corrected chi connectivity index (χ1v) is 8.24. The summed E-state index contributed by atoms with van der Waals surface area (Å²) in [4.78, 5) is 2.57. The highest BCUT2D eigenvalue weighted by Gasteiger charge is 2.20. The molecule has 1 N–H and O–H groups in total. The van der Waals surface area contributed by atoms with Crippen molar-refractivity contribution in [1.29, 1.82) is 0 Å². The third-order valence-corrected chi connectivity index (χ3v) is 4.55. The van der Waals surface area contributed by atoms with Crippen molar-refractivity contribution in [2.75, 3.05) is 26.7 Å². The number of rotatable bonds is 5. The Bertz CT molecular complexity index is 603. The zero-order chi connectivity index (χ0) is 15.4. The number of nitrogens with one attached hydrogen (secondary N) is 1. The van der Waals surface area contributed by atoms with Crippen LogP contribution in [-0.4, -0.2) is 41.4 Å². The van der Waals surface area contributed by atoms with Gasteiger partial charge in [0, 0.05) is 19.3 Å². The fourth-order valence-electron chi connectivity index (χ4n) is 3.45. The van der Waals surface area contributed by atoms with Crippen LogP contribution in [0.2, 0.25) is 0 Å². The average molecular weight is 298 g/mol. The highest BCUT2D eigenvalue weighted by Crippen LogP contribution is 2.20. The molecule has 1 atom stereocenters. The minimum atomic E-state index is 0.772. The zero-order valence-corrected chi connectivity index (χ0v) is 13.6. The number of aryl methyl sites for hydroxylation is 1. The number of para-hydroxylation sites is 1. The minimum Gasteiger partial charge on any atom is -0.319 e. The van der Waals surface area contributed by atoms with Gasteiger partial charge in [-0.05, 0) is 63.5 Å². The number of likely N-dealkylation sites (tertiary alicyclic amines) is 1. The fourth-order valence-corrected chi connectivity index (χ4v) is 3.45. The van der Waals surface area contributed by atoms with Gasteiger partial charge in [0.2, 0.25) is 0 Å². The molecule has 1 aliphatic heterocycles. The molecule has 2 heterocycles. The van der Waals surface area contributed by atoms with Crippen LogP contribution in [0.4, 0.5) is 0 Å². The van der Waals surface area contributed by atoms with E-state index in [0.29, 0.717) is 0 Å². The number of hydrogen-bond donors (Lipinski definition) is 1. The van der Waals surface area contributed by atoms with Crippen LogP contribution in [0.1, 0.15) is 24.1 Å². The molecule has 0 amide bonds. The van der Waals surface area contributed by atoms with Crippen LogP contribution in [0.15, 0.2) is 36.5 Å². The molecule has 1 saturated heterocycles. The van der Waals surface area contributed by atoms with Gasteiger partial charge in [0.15, 0.2) is 0 Å². The van der Waals surface area contributed by atoms with E-state index in [0.717, 1.165) is 19.0 Å². The van der Waals surface area contributed by atoms with Crippen LogP contribution in [0.5, 0.6) is 0 Å². The first-order valence-electron chi connectivity index (χ1n) is 8.24. The second kappa shape index (κ2) is 7.07. The van der Waals surface area contributed by atoms with Gasteiger partial charge in [-0.1, -0.05) is 18.2 Å². The number of benzene rings is 1. The van der Waals surface area contributed by atoms with E-state index in [2.05, 4.69) is 57.3 Å². The Morgan fingerprint density at radius 1 is 1.27 bits per heavy atom. The summed E-state index contributed by atoms with van der Waals surface area (Å²) in [7, 11) is 2.05. The van der Waals surface area contributed by atoms with E-state index in [1.165, 1.54) is 42.9 Å². The summed E-state index contributed by atoms with van der Waals surface area (Å²) in [5, 5.41) is 7.86. The van der Waals surface area contributed by atoms with Gasteiger partial charge >= 0.3 is 0 Å². The molecule has 0 bridgehead atoms. The lowest BCUT2D eigenvalue weighted by atomic mass is 9.98. The van der Waals surface area contributed by atoms with Gasteiger partial charge in [-0.25, -0.2) is 4.68 Å². The SMILES string of the molecule is CNCC1CCCN(Cc2ccnn2-c2ccccc2C)C1. The number of aromatic nitrogens is 2. The predicted octanol–water partition coefficient (Wildman–Crippen LogP) is 2.61. The van der Waals surface area contributed by atoms with Gasteiger partial charge in [0.25, 0.3) is 0 Å². The molecule has 1 fully saturated rings. The Morgan fingerprint density at radius 3 is 2.95 bits per heavy atom. The molecule has 1 aromatic heterocycles. The number of nitrogens with zero attached hydrogens (tertiary/aromatic N) is 3. The molecule has 0 saturated carbocycles. The average Bonchev–Trinajstić information content (AvgIpc) is 2.96. The molecule has 0 radical (unpaired) electrons. The second-order valence-corrected chi connectivity index (χ2v) is 6.32. The third kappa shape index (κ3) is 3.39. The van der Waals surface area contributed by atoms with E-state index in [9.17, 15) is 0 Å². The summed E-state index contributed by atoms with van der Waals surface area (Å²) in [6.45, 7) is 6.62. The zero-order valence-electron chi connectivity index (χ0n) is 13.6. The Labute approximate surface area is 133 Å². The van der Waals surface area contributed by atoms with Crippen molar-refractivity contribution in [2.45, 2.75) is 26.3 Å². The summed E-state index contributed by atoms with van der Waals surface area (Å²) in [5.41, 5.74) is 3.73. The van der Waals surface area contributed by atoms with Gasteiger partial charge < -0.3 is 5.32 Å². The topological polar surface area (TPSA) is 33.1 Å². The lowest BCUT2D eigenvalue weighted by molar-refractivity contribution is 0.164. The maximum absolute atomic E-state index is 4.55. The quantitative estimate of drug-likeness (QED) is 0.921. The molecule has 4 nitrogen and oxygen atoms in total. The van der Waals surface area contributed by atoms with Gasteiger partial charge in [0.05, 0.1) is 11.4 Å². The molecule has 22 heavy (non-hydrogen) atoms. The van der Waals surface area contributed by atoms with Crippen molar-refractivity contribution in [3.05, 3.63) is 47.8 Å². The Hall–Kier alpha value is -1.65. The fraction of sp³-hybridized carbons (Fsp3) is 0.500. The molecule has 0 spiro atoms. The smallest absolute Gasteiger partial charge is 0.0678 e. The largest absolute Gasteiger partial charge is 0.319 e. The van der Waals surface area contributed by atoms with Crippen molar-refractivity contribution in [1.82, 2.24) is 20.0 Å². The molecule has 1 unspecified atom stereocenters. The summed E-state index contributed by atoms with van der Waals surface area (Å²) in [6, 6.07) is 10.6. The first-order chi connectivity index (χ1) is 10.8. The molecular weight excluding hydrogens is 272 g/mol. The van der Waals surface area contributed by atoms with Crippen molar-refractivity contribution < 1.29 is 0 Å². The van der Waals surface area contributed by atoms with Crippen molar-refractivity contribution >= 4 is 0 Å². The first kappa shape index (κ1) is 15.3. The standard InChI is InChI=1S/C18H26N4/c1-15-6-3-4-8-18(15)22-17(9-10-20-22)14-21-11-5-7-16(13-21)12-19-2/h3-4,6,8-10,16,19H,5,7,11-14H2,1-2H3. The molecule has 1 aliphatic rings. The summed E-state index contributed by atoms with van der Waals surface area (Å²) in [5.74, 6) is 0.772. The van der Waals surface area contributed by atoms with Crippen LogP contribution in [0, 0.1) is 12.8 Å². The van der Waals surface area contributed by atoms with E-state index in [4.69, 9.17) is 0 Å². The molecule has 4 heteroatoms. The molecule has 1 aromatic carbocycles. The Kier molecular flexibility index (Phi) is 4.90. The normalized spacial score (nSPS) is 19.5. The maximum Gasteiger partial charge on any atom is 0.0678 e. The Morgan fingerprint density at radius 2 is 2.14 bits per heavy atom. The minimum absolute atomic E-state index is 0.772. The van der Waals surface area contributed by atoms with Crippen LogP contribution in [0.25, 0.3) is 5.69 Å². The van der Waals surface area contributed by atoms with E-state index in [-0.39, 0.29) is 0 Å². The van der Waals surface area contributed by atoms with Crippen molar-refractivity contribution in [3.8, 4) is 5.69 Å². The molecule has 2 aromatic rings. The van der Waals surface area contributed by atoms with Crippen LogP contribution >= 0.6 is 0 Å². The van der Waals surface area contributed by atoms with Gasteiger partial charge in [-0.15, -0.1) is 0 Å². The molecule has 118 valence electrons. The second-order valence-electron chi connectivity index (χ2n) is 6.32. The number of piperidine rings is 1. The van der Waals surface area contributed by atoms with Crippen LogP contribution in [0.3, 0.4) is 0 Å². The van der Waals surface area contributed by atoms with E-state index < -0.39 is 0 Å². The van der Waals surface area contributed by atoms with E-state index in [1.807, 2.05) is 13.2 Å². The van der Waals surface area contributed by atoms with Crippen LogP contribution in [-0.2, 0) is 6.54 Å². The maximum atomic E-state index is 4.55. The predicted molar refractivity (Wildman–Crippen MR) is 90.2 cm³/mol. The summed E-state index contributed by atoms with van der Waals surface area (Å²) >= 11 is 0. The molecule has 3 rings (SSSR count). The van der Waals surface area contributed by atoms with Gasteiger partial charge in [-0.2, -0.15) is 5.10 Å².